The molecule has 2 aliphatic rings. The van der Waals surface area contributed by atoms with Gasteiger partial charge in [0.25, 0.3) is 0 Å². The van der Waals surface area contributed by atoms with Gasteiger partial charge in [-0.1, -0.05) is 19.1 Å². The summed E-state index contributed by atoms with van der Waals surface area (Å²) >= 11 is 1.74. The maximum absolute atomic E-state index is 12.7. The molecule has 1 aromatic heterocycles. The van der Waals surface area contributed by atoms with Gasteiger partial charge in [0, 0.05) is 44.5 Å². The van der Waals surface area contributed by atoms with Gasteiger partial charge >= 0.3 is 0 Å². The van der Waals surface area contributed by atoms with Crippen molar-refractivity contribution in [1.29, 1.82) is 0 Å². The highest BCUT2D eigenvalue weighted by atomic mass is 32.1. The lowest BCUT2D eigenvalue weighted by atomic mass is 9.99. The van der Waals surface area contributed by atoms with Gasteiger partial charge < -0.3 is 14.5 Å². The second-order valence-electron chi connectivity index (χ2n) is 8.80. The number of carbonyl (C=O) groups is 1. The van der Waals surface area contributed by atoms with Crippen LogP contribution in [0, 0.1) is 5.92 Å². The summed E-state index contributed by atoms with van der Waals surface area (Å²) in [6.45, 7) is 8.95. The molecule has 2 aliphatic heterocycles. The number of rotatable bonds is 7. The van der Waals surface area contributed by atoms with Crippen molar-refractivity contribution in [1.82, 2.24) is 14.8 Å². The van der Waals surface area contributed by atoms with Crippen LogP contribution in [0.2, 0.25) is 0 Å². The van der Waals surface area contributed by atoms with E-state index in [-0.39, 0.29) is 5.91 Å². The molecule has 0 atom stereocenters. The number of hydrogen-bond donors (Lipinski definition) is 0. The number of likely N-dealkylation sites (tertiary alicyclic amines) is 1. The van der Waals surface area contributed by atoms with E-state index in [2.05, 4.69) is 28.2 Å². The summed E-state index contributed by atoms with van der Waals surface area (Å²) in [7, 11) is 1.67. The highest BCUT2D eigenvalue weighted by Crippen LogP contribution is 2.24. The number of piperidine rings is 1. The van der Waals surface area contributed by atoms with Crippen LogP contribution < -0.4 is 9.64 Å². The predicted octanol–water partition coefficient (Wildman–Crippen LogP) is 3.67. The molecule has 168 valence electrons. The molecule has 7 heteroatoms. The number of carbonyl (C=O) groups excluding carboxylic acids is 1. The van der Waals surface area contributed by atoms with Gasteiger partial charge in [-0.15, -0.1) is 11.3 Å². The summed E-state index contributed by atoms with van der Waals surface area (Å²) in [5.74, 6) is 1.94. The van der Waals surface area contributed by atoms with Crippen LogP contribution >= 0.6 is 11.3 Å². The molecule has 6 nitrogen and oxygen atoms in total. The minimum atomic E-state index is 0.238. The predicted molar refractivity (Wildman–Crippen MR) is 126 cm³/mol. The van der Waals surface area contributed by atoms with Crippen molar-refractivity contribution in [2.45, 2.75) is 39.2 Å². The summed E-state index contributed by atoms with van der Waals surface area (Å²) in [6, 6.07) is 7.97. The fourth-order valence-electron chi connectivity index (χ4n) is 4.35. The standard InChI is InChI=1S/C24H34N4O2S/c1-19-8-10-26(11-9-19)17-21-18-31-24(25-21)28-14-12-27(13-15-28)23(29)7-6-20-4-3-5-22(16-20)30-2/h3-5,16,18-19H,6-15,17H2,1-2H3. The van der Waals surface area contributed by atoms with Crippen LogP contribution in [0.5, 0.6) is 5.75 Å². The van der Waals surface area contributed by atoms with Crippen molar-refractivity contribution in [3.8, 4) is 5.75 Å². The average Bonchev–Trinajstić information content (AvgIpc) is 3.28. The number of aryl methyl sites for hydroxylation is 1. The number of methoxy groups -OCH3 is 1. The maximum Gasteiger partial charge on any atom is 0.223 e. The van der Waals surface area contributed by atoms with Gasteiger partial charge in [-0.2, -0.15) is 0 Å². The first-order chi connectivity index (χ1) is 15.1. The van der Waals surface area contributed by atoms with Crippen LogP contribution in [0.4, 0.5) is 5.13 Å². The zero-order valence-electron chi connectivity index (χ0n) is 18.8. The molecule has 2 saturated heterocycles. The molecular formula is C24H34N4O2S. The highest BCUT2D eigenvalue weighted by molar-refractivity contribution is 7.13. The maximum atomic E-state index is 12.7. The van der Waals surface area contributed by atoms with Crippen molar-refractivity contribution >= 4 is 22.4 Å². The summed E-state index contributed by atoms with van der Waals surface area (Å²) in [5, 5.41) is 3.31. The van der Waals surface area contributed by atoms with E-state index in [0.717, 1.165) is 61.5 Å². The van der Waals surface area contributed by atoms with Gasteiger partial charge in [0.05, 0.1) is 12.8 Å². The van der Waals surface area contributed by atoms with E-state index in [1.807, 2.05) is 23.1 Å². The summed E-state index contributed by atoms with van der Waals surface area (Å²) < 4.78 is 5.27. The number of aromatic nitrogens is 1. The van der Waals surface area contributed by atoms with E-state index >= 15 is 0 Å². The van der Waals surface area contributed by atoms with E-state index in [9.17, 15) is 4.79 Å². The number of nitrogens with zero attached hydrogens (tertiary/aromatic N) is 4. The SMILES string of the molecule is COc1cccc(CCC(=O)N2CCN(c3nc(CN4CCC(C)CC4)cs3)CC2)c1. The first-order valence-corrected chi connectivity index (χ1v) is 12.3. The van der Waals surface area contributed by atoms with E-state index in [1.54, 1.807) is 18.4 Å². The first kappa shape index (κ1) is 22.1. The number of thiazole rings is 1. The molecule has 1 aromatic carbocycles. The molecule has 1 amide bonds. The van der Waals surface area contributed by atoms with Crippen LogP contribution in [0.3, 0.4) is 0 Å². The van der Waals surface area contributed by atoms with E-state index in [4.69, 9.17) is 9.72 Å². The number of amides is 1. The van der Waals surface area contributed by atoms with E-state index < -0.39 is 0 Å². The molecule has 3 heterocycles. The van der Waals surface area contributed by atoms with E-state index in [0.29, 0.717) is 6.42 Å². The lowest BCUT2D eigenvalue weighted by Gasteiger charge is -2.34. The van der Waals surface area contributed by atoms with Crippen LogP contribution in [-0.2, 0) is 17.8 Å². The number of piperazine rings is 1. The Morgan fingerprint density at radius 1 is 1.16 bits per heavy atom. The van der Waals surface area contributed by atoms with Gasteiger partial charge in [-0.05, 0) is 56.0 Å². The van der Waals surface area contributed by atoms with Crippen LogP contribution in [-0.4, -0.2) is 67.1 Å². The number of hydrogen-bond acceptors (Lipinski definition) is 6. The molecule has 0 N–H and O–H groups in total. The van der Waals surface area contributed by atoms with Gasteiger partial charge in [0.2, 0.25) is 5.91 Å². The molecule has 2 fully saturated rings. The second-order valence-corrected chi connectivity index (χ2v) is 9.64. The van der Waals surface area contributed by atoms with Gasteiger partial charge in [0.15, 0.2) is 5.13 Å². The highest BCUT2D eigenvalue weighted by Gasteiger charge is 2.23. The zero-order valence-corrected chi connectivity index (χ0v) is 19.6. The fourth-order valence-corrected chi connectivity index (χ4v) is 5.22. The summed E-state index contributed by atoms with van der Waals surface area (Å²) in [5.41, 5.74) is 2.33. The minimum absolute atomic E-state index is 0.238. The lowest BCUT2D eigenvalue weighted by Crippen LogP contribution is -2.48. The molecule has 0 spiro atoms. The quantitative estimate of drug-likeness (QED) is 0.655. The number of benzene rings is 1. The molecule has 2 aromatic rings. The number of anilines is 1. The second kappa shape index (κ2) is 10.5. The molecule has 0 bridgehead atoms. The third kappa shape index (κ3) is 5.98. The largest absolute Gasteiger partial charge is 0.497 e. The topological polar surface area (TPSA) is 48.9 Å². The molecule has 4 rings (SSSR count). The average molecular weight is 443 g/mol. The van der Waals surface area contributed by atoms with Crippen molar-refractivity contribution in [3.05, 3.63) is 40.9 Å². The molecule has 0 unspecified atom stereocenters. The van der Waals surface area contributed by atoms with Gasteiger partial charge in [-0.25, -0.2) is 4.98 Å². The Morgan fingerprint density at radius 3 is 2.68 bits per heavy atom. The molecular weight excluding hydrogens is 408 g/mol. The van der Waals surface area contributed by atoms with Crippen LogP contribution in [0.1, 0.15) is 37.4 Å². The minimum Gasteiger partial charge on any atom is -0.497 e. The normalized spacial score (nSPS) is 18.4. The van der Waals surface area contributed by atoms with Crippen molar-refractivity contribution in [2.24, 2.45) is 5.92 Å². The Balaban J connectivity index is 1.22. The van der Waals surface area contributed by atoms with Gasteiger partial charge in [0.1, 0.15) is 5.75 Å². The number of ether oxygens (including phenoxy) is 1. The zero-order chi connectivity index (χ0) is 21.6. The first-order valence-electron chi connectivity index (χ1n) is 11.4. The molecule has 31 heavy (non-hydrogen) atoms. The Kier molecular flexibility index (Phi) is 7.45. The third-order valence-corrected chi connectivity index (χ3v) is 7.42. The molecule has 0 radical (unpaired) electrons. The Bertz CT molecular complexity index is 855. The summed E-state index contributed by atoms with van der Waals surface area (Å²) in [6.07, 6.45) is 3.89. The molecule has 0 aliphatic carbocycles. The lowest BCUT2D eigenvalue weighted by molar-refractivity contribution is -0.131. The van der Waals surface area contributed by atoms with Crippen LogP contribution in [0.25, 0.3) is 0 Å². The monoisotopic (exact) mass is 442 g/mol. The van der Waals surface area contributed by atoms with Crippen molar-refractivity contribution < 1.29 is 9.53 Å². The Morgan fingerprint density at radius 2 is 1.94 bits per heavy atom. The van der Waals surface area contributed by atoms with E-state index in [1.165, 1.54) is 31.6 Å². The Hall–Kier alpha value is -2.12. The van der Waals surface area contributed by atoms with Gasteiger partial charge in [-0.3, -0.25) is 9.69 Å². The fraction of sp³-hybridized carbons (Fsp3) is 0.583. The Labute approximate surface area is 189 Å². The third-order valence-electron chi connectivity index (χ3n) is 6.47. The summed E-state index contributed by atoms with van der Waals surface area (Å²) in [4.78, 5) is 24.4. The van der Waals surface area contributed by atoms with Crippen molar-refractivity contribution in [2.75, 3.05) is 51.3 Å². The van der Waals surface area contributed by atoms with Crippen LogP contribution in [0.15, 0.2) is 29.6 Å². The molecule has 0 saturated carbocycles. The van der Waals surface area contributed by atoms with Crippen molar-refractivity contribution in [3.63, 3.8) is 0 Å². The smallest absolute Gasteiger partial charge is 0.223 e.